The van der Waals surface area contributed by atoms with E-state index in [1.54, 1.807) is 0 Å². The molecular formula is C12H14N2O. The number of amides is 1. The molecule has 0 radical (unpaired) electrons. The number of hydrazine groups is 1. The van der Waals surface area contributed by atoms with E-state index < -0.39 is 0 Å². The van der Waals surface area contributed by atoms with Crippen molar-refractivity contribution in [3.63, 3.8) is 0 Å². The highest BCUT2D eigenvalue weighted by Crippen LogP contribution is 2.35. The molecule has 0 aromatic heterocycles. The van der Waals surface area contributed by atoms with Gasteiger partial charge in [0.2, 0.25) is 5.91 Å². The summed E-state index contributed by atoms with van der Waals surface area (Å²) in [5, 5.41) is 4.13. The summed E-state index contributed by atoms with van der Waals surface area (Å²) in [6.45, 7) is 1.92. The normalized spacial score (nSPS) is 26.0. The molecule has 0 bridgehead atoms. The highest BCUT2D eigenvalue weighted by atomic mass is 16.2. The van der Waals surface area contributed by atoms with Gasteiger partial charge in [0.15, 0.2) is 0 Å². The van der Waals surface area contributed by atoms with Crippen LogP contribution in [0.3, 0.4) is 0 Å². The molecule has 2 aliphatic rings. The molecule has 0 unspecified atom stereocenters. The molecule has 3 rings (SSSR count). The highest BCUT2D eigenvalue weighted by Gasteiger charge is 2.40. The third kappa shape index (κ3) is 1.35. The van der Waals surface area contributed by atoms with Gasteiger partial charge < -0.3 is 0 Å². The Hall–Kier alpha value is -1.35. The van der Waals surface area contributed by atoms with Crippen LogP contribution < -0.4 is 0 Å². The van der Waals surface area contributed by atoms with Gasteiger partial charge in [-0.3, -0.25) is 9.80 Å². The molecule has 1 aromatic carbocycles. The Kier molecular flexibility index (Phi) is 1.99. The Morgan fingerprint density at radius 3 is 2.73 bits per heavy atom. The van der Waals surface area contributed by atoms with Crippen molar-refractivity contribution >= 4 is 5.91 Å². The van der Waals surface area contributed by atoms with Gasteiger partial charge in [-0.1, -0.05) is 30.3 Å². The SMILES string of the molecule is O=C1C[C@@H](c2ccccc2)N2CCCN12. The van der Waals surface area contributed by atoms with E-state index >= 15 is 0 Å². The molecule has 0 aliphatic carbocycles. The number of hydrogen-bond donors (Lipinski definition) is 0. The minimum Gasteiger partial charge on any atom is -0.275 e. The maximum Gasteiger partial charge on any atom is 0.238 e. The van der Waals surface area contributed by atoms with E-state index in [0.717, 1.165) is 19.5 Å². The summed E-state index contributed by atoms with van der Waals surface area (Å²) in [5.74, 6) is 0.279. The van der Waals surface area contributed by atoms with Gasteiger partial charge in [0, 0.05) is 19.5 Å². The zero-order chi connectivity index (χ0) is 10.3. The average Bonchev–Trinajstić information content (AvgIpc) is 2.84. The van der Waals surface area contributed by atoms with Gasteiger partial charge in [0.05, 0.1) is 6.04 Å². The van der Waals surface area contributed by atoms with E-state index in [1.807, 2.05) is 23.2 Å². The minimum absolute atomic E-state index is 0.279. The van der Waals surface area contributed by atoms with Crippen LogP contribution in [0.5, 0.6) is 0 Å². The molecule has 3 heteroatoms. The lowest BCUT2D eigenvalue weighted by atomic mass is 10.0. The zero-order valence-corrected chi connectivity index (χ0v) is 8.60. The molecule has 2 saturated heterocycles. The maximum absolute atomic E-state index is 11.7. The third-order valence-corrected chi connectivity index (χ3v) is 3.27. The predicted octanol–water partition coefficient (Wildman–Crippen LogP) is 1.58. The number of carbonyl (C=O) groups is 1. The van der Waals surface area contributed by atoms with Crippen molar-refractivity contribution in [2.45, 2.75) is 18.9 Å². The first kappa shape index (κ1) is 8.92. The monoisotopic (exact) mass is 202 g/mol. The van der Waals surface area contributed by atoms with Gasteiger partial charge in [-0.25, -0.2) is 5.01 Å². The summed E-state index contributed by atoms with van der Waals surface area (Å²) in [7, 11) is 0. The Labute approximate surface area is 89.3 Å². The lowest BCUT2D eigenvalue weighted by Crippen LogP contribution is -2.33. The van der Waals surface area contributed by atoms with Crippen LogP contribution in [0, 0.1) is 0 Å². The van der Waals surface area contributed by atoms with Crippen molar-refractivity contribution in [3.8, 4) is 0 Å². The van der Waals surface area contributed by atoms with E-state index in [4.69, 9.17) is 0 Å². The van der Waals surface area contributed by atoms with Crippen molar-refractivity contribution < 1.29 is 4.79 Å². The molecule has 0 saturated carbocycles. The summed E-state index contributed by atoms with van der Waals surface area (Å²) in [6.07, 6.45) is 1.75. The topological polar surface area (TPSA) is 23.6 Å². The van der Waals surface area contributed by atoms with Crippen LogP contribution in [0.25, 0.3) is 0 Å². The molecule has 2 heterocycles. The van der Waals surface area contributed by atoms with E-state index in [9.17, 15) is 4.79 Å². The van der Waals surface area contributed by atoms with Crippen molar-refractivity contribution in [1.29, 1.82) is 0 Å². The first-order valence-corrected chi connectivity index (χ1v) is 5.48. The van der Waals surface area contributed by atoms with Crippen LogP contribution >= 0.6 is 0 Å². The van der Waals surface area contributed by atoms with Crippen LogP contribution in [0.15, 0.2) is 30.3 Å². The van der Waals surface area contributed by atoms with E-state index in [2.05, 4.69) is 17.1 Å². The Morgan fingerprint density at radius 1 is 1.13 bits per heavy atom. The number of carbonyl (C=O) groups excluding carboxylic acids is 1. The molecule has 1 amide bonds. The third-order valence-electron chi connectivity index (χ3n) is 3.27. The lowest BCUT2D eigenvalue weighted by molar-refractivity contribution is -0.134. The largest absolute Gasteiger partial charge is 0.275 e. The number of fused-ring (bicyclic) bond motifs is 1. The average molecular weight is 202 g/mol. The second-order valence-electron chi connectivity index (χ2n) is 4.16. The van der Waals surface area contributed by atoms with Crippen molar-refractivity contribution in [3.05, 3.63) is 35.9 Å². The minimum atomic E-state index is 0.279. The molecular weight excluding hydrogens is 188 g/mol. The summed E-state index contributed by atoms with van der Waals surface area (Å²) in [6, 6.07) is 10.6. The Morgan fingerprint density at radius 2 is 1.93 bits per heavy atom. The fourth-order valence-corrected chi connectivity index (χ4v) is 2.56. The number of hydrogen-bond acceptors (Lipinski definition) is 2. The first-order valence-electron chi connectivity index (χ1n) is 5.48. The summed E-state index contributed by atoms with van der Waals surface area (Å²) >= 11 is 0. The van der Waals surface area contributed by atoms with Gasteiger partial charge in [-0.05, 0) is 12.0 Å². The van der Waals surface area contributed by atoms with Gasteiger partial charge in [-0.15, -0.1) is 0 Å². The highest BCUT2D eigenvalue weighted by molar-refractivity contribution is 5.79. The number of rotatable bonds is 1. The fraction of sp³-hybridized carbons (Fsp3) is 0.417. The molecule has 2 aliphatic heterocycles. The standard InChI is InChI=1S/C12H14N2O/c15-12-9-11(10-5-2-1-3-6-10)13-7-4-8-14(12)13/h1-3,5-6,11H,4,7-9H2/t11-/m0/s1. The first-order chi connectivity index (χ1) is 7.36. The van der Waals surface area contributed by atoms with Crippen LogP contribution in [-0.4, -0.2) is 29.0 Å². The Balaban J connectivity index is 1.92. The van der Waals surface area contributed by atoms with Crippen LogP contribution in [0.1, 0.15) is 24.4 Å². The van der Waals surface area contributed by atoms with E-state index in [0.29, 0.717) is 6.42 Å². The molecule has 1 atom stereocenters. The summed E-state index contributed by atoms with van der Waals surface area (Å²) < 4.78 is 0. The molecule has 0 spiro atoms. The van der Waals surface area contributed by atoms with Gasteiger partial charge >= 0.3 is 0 Å². The molecule has 0 N–H and O–H groups in total. The number of benzene rings is 1. The molecule has 78 valence electrons. The maximum atomic E-state index is 11.7. The molecule has 15 heavy (non-hydrogen) atoms. The Bertz CT molecular complexity index is 376. The lowest BCUT2D eigenvalue weighted by Gasteiger charge is -2.24. The van der Waals surface area contributed by atoms with Crippen molar-refractivity contribution in [2.75, 3.05) is 13.1 Å². The van der Waals surface area contributed by atoms with Crippen LogP contribution in [0.4, 0.5) is 0 Å². The van der Waals surface area contributed by atoms with Gasteiger partial charge in [0.25, 0.3) is 0 Å². The number of nitrogens with zero attached hydrogens (tertiary/aromatic N) is 2. The smallest absolute Gasteiger partial charge is 0.238 e. The van der Waals surface area contributed by atoms with E-state index in [1.165, 1.54) is 5.56 Å². The van der Waals surface area contributed by atoms with Crippen LogP contribution in [-0.2, 0) is 4.79 Å². The molecule has 3 nitrogen and oxygen atoms in total. The van der Waals surface area contributed by atoms with E-state index in [-0.39, 0.29) is 11.9 Å². The fourth-order valence-electron chi connectivity index (χ4n) is 2.56. The quantitative estimate of drug-likeness (QED) is 0.690. The van der Waals surface area contributed by atoms with Crippen molar-refractivity contribution in [2.24, 2.45) is 0 Å². The zero-order valence-electron chi connectivity index (χ0n) is 8.60. The molecule has 2 fully saturated rings. The van der Waals surface area contributed by atoms with Crippen molar-refractivity contribution in [1.82, 2.24) is 10.0 Å². The van der Waals surface area contributed by atoms with Gasteiger partial charge in [-0.2, -0.15) is 0 Å². The van der Waals surface area contributed by atoms with Gasteiger partial charge in [0.1, 0.15) is 0 Å². The second-order valence-corrected chi connectivity index (χ2v) is 4.16. The van der Waals surface area contributed by atoms with Crippen LogP contribution in [0.2, 0.25) is 0 Å². The summed E-state index contributed by atoms with van der Waals surface area (Å²) in [5.41, 5.74) is 1.26. The predicted molar refractivity (Wildman–Crippen MR) is 56.8 cm³/mol. The molecule has 1 aromatic rings. The summed E-state index contributed by atoms with van der Waals surface area (Å²) in [4.78, 5) is 11.7. The second kappa shape index (κ2) is 3.35.